The van der Waals surface area contributed by atoms with Gasteiger partial charge in [-0.25, -0.2) is 0 Å². The summed E-state index contributed by atoms with van der Waals surface area (Å²) in [6, 6.07) is 15.2. The molecule has 2 rings (SSSR count). The highest BCUT2D eigenvalue weighted by Crippen LogP contribution is 2.24. The van der Waals surface area contributed by atoms with Crippen molar-refractivity contribution >= 4 is 5.91 Å². The first-order valence-corrected chi connectivity index (χ1v) is 7.63. The third-order valence-corrected chi connectivity index (χ3v) is 3.55. The number of hydrogen-bond donors (Lipinski definition) is 1. The average molecular weight is 308 g/mol. The average Bonchev–Trinajstić information content (AvgIpc) is 2.58. The number of nitrogens with one attached hydrogen (secondary N) is 1. The first-order chi connectivity index (χ1) is 11.2. The maximum atomic E-state index is 12.0. The normalized spacial score (nSPS) is 10.1. The van der Waals surface area contributed by atoms with Gasteiger partial charge in [0.15, 0.2) is 0 Å². The summed E-state index contributed by atoms with van der Waals surface area (Å²) in [5.74, 6) is -0.104. The number of ether oxygens (including phenoxy) is 1. The number of carbonyl (C=O) groups excluding carboxylic acids is 1. The zero-order chi connectivity index (χ0) is 16.7. The van der Waals surface area contributed by atoms with Crippen molar-refractivity contribution in [3.05, 3.63) is 59.2 Å². The van der Waals surface area contributed by atoms with Crippen molar-refractivity contribution in [2.45, 2.75) is 13.8 Å². The Labute approximate surface area is 136 Å². The molecule has 0 aliphatic carbocycles. The SMILES string of the molecule is CCOCCNC(=O)c1ccc(-c2ccc(C#N)cc2C)cc1. The van der Waals surface area contributed by atoms with Crippen molar-refractivity contribution in [3.8, 4) is 17.2 Å². The van der Waals surface area contributed by atoms with E-state index in [1.807, 2.05) is 50.2 Å². The van der Waals surface area contributed by atoms with Gasteiger partial charge < -0.3 is 10.1 Å². The Morgan fingerprint density at radius 2 is 1.96 bits per heavy atom. The van der Waals surface area contributed by atoms with Gasteiger partial charge >= 0.3 is 0 Å². The van der Waals surface area contributed by atoms with Gasteiger partial charge in [-0.2, -0.15) is 5.26 Å². The molecule has 0 fully saturated rings. The van der Waals surface area contributed by atoms with Crippen LogP contribution in [0.1, 0.15) is 28.4 Å². The summed E-state index contributed by atoms with van der Waals surface area (Å²) < 4.78 is 5.19. The number of nitriles is 1. The molecule has 0 bridgehead atoms. The third kappa shape index (κ3) is 4.41. The lowest BCUT2D eigenvalue weighted by molar-refractivity contribution is 0.0922. The van der Waals surface area contributed by atoms with E-state index < -0.39 is 0 Å². The quantitative estimate of drug-likeness (QED) is 0.833. The van der Waals surface area contributed by atoms with Crippen LogP contribution < -0.4 is 5.32 Å². The van der Waals surface area contributed by atoms with Gasteiger partial charge in [0.25, 0.3) is 5.91 Å². The molecule has 2 aromatic rings. The Morgan fingerprint density at radius 3 is 2.57 bits per heavy atom. The largest absolute Gasteiger partial charge is 0.380 e. The number of carbonyl (C=O) groups is 1. The Kier molecular flexibility index (Phi) is 5.90. The first kappa shape index (κ1) is 16.7. The van der Waals surface area contributed by atoms with E-state index in [0.717, 1.165) is 16.7 Å². The molecule has 0 spiro atoms. The minimum absolute atomic E-state index is 0.104. The van der Waals surface area contributed by atoms with Crippen molar-refractivity contribution in [1.82, 2.24) is 5.32 Å². The third-order valence-electron chi connectivity index (χ3n) is 3.55. The fourth-order valence-electron chi connectivity index (χ4n) is 2.34. The molecule has 0 atom stereocenters. The van der Waals surface area contributed by atoms with Crippen LogP contribution in [0, 0.1) is 18.3 Å². The van der Waals surface area contributed by atoms with E-state index in [0.29, 0.717) is 30.9 Å². The molecule has 0 aromatic heterocycles. The molecule has 0 unspecified atom stereocenters. The van der Waals surface area contributed by atoms with Crippen LogP contribution >= 0.6 is 0 Å². The number of hydrogen-bond acceptors (Lipinski definition) is 3. The zero-order valence-corrected chi connectivity index (χ0v) is 13.4. The van der Waals surface area contributed by atoms with Crippen LogP contribution in [0.3, 0.4) is 0 Å². The molecule has 118 valence electrons. The molecule has 0 radical (unpaired) electrons. The molecule has 4 nitrogen and oxygen atoms in total. The Bertz CT molecular complexity index is 715. The summed E-state index contributed by atoms with van der Waals surface area (Å²) in [4.78, 5) is 12.0. The monoisotopic (exact) mass is 308 g/mol. The summed E-state index contributed by atoms with van der Waals surface area (Å²) >= 11 is 0. The summed E-state index contributed by atoms with van der Waals surface area (Å²) in [6.07, 6.45) is 0. The molecule has 2 aromatic carbocycles. The molecule has 4 heteroatoms. The first-order valence-electron chi connectivity index (χ1n) is 7.63. The van der Waals surface area contributed by atoms with Crippen molar-refractivity contribution in [2.24, 2.45) is 0 Å². The number of amides is 1. The molecule has 23 heavy (non-hydrogen) atoms. The Morgan fingerprint density at radius 1 is 1.22 bits per heavy atom. The minimum atomic E-state index is -0.104. The van der Waals surface area contributed by atoms with Gasteiger partial charge in [-0.1, -0.05) is 18.2 Å². The maximum absolute atomic E-state index is 12.0. The van der Waals surface area contributed by atoms with Crippen LogP contribution in [-0.4, -0.2) is 25.7 Å². The van der Waals surface area contributed by atoms with Crippen LogP contribution in [-0.2, 0) is 4.74 Å². The Balaban J connectivity index is 2.07. The van der Waals surface area contributed by atoms with Crippen LogP contribution in [0.5, 0.6) is 0 Å². The highest BCUT2D eigenvalue weighted by atomic mass is 16.5. The van der Waals surface area contributed by atoms with Crippen molar-refractivity contribution < 1.29 is 9.53 Å². The smallest absolute Gasteiger partial charge is 0.251 e. The number of benzene rings is 2. The minimum Gasteiger partial charge on any atom is -0.380 e. The zero-order valence-electron chi connectivity index (χ0n) is 13.4. The van der Waals surface area contributed by atoms with E-state index in [1.54, 1.807) is 6.07 Å². The fraction of sp³-hybridized carbons (Fsp3) is 0.263. The number of nitrogens with zero attached hydrogens (tertiary/aromatic N) is 1. The molecule has 0 aliphatic rings. The van der Waals surface area contributed by atoms with Gasteiger partial charge in [-0.15, -0.1) is 0 Å². The lowest BCUT2D eigenvalue weighted by Crippen LogP contribution is -2.27. The summed E-state index contributed by atoms with van der Waals surface area (Å²) in [5.41, 5.74) is 4.40. The van der Waals surface area contributed by atoms with Gasteiger partial charge in [-0.3, -0.25) is 4.79 Å². The molecular formula is C19H20N2O2. The molecule has 0 saturated heterocycles. The highest BCUT2D eigenvalue weighted by Gasteiger charge is 2.07. The van der Waals surface area contributed by atoms with Gasteiger partial charge in [-0.05, 0) is 54.8 Å². The molecule has 1 amide bonds. The van der Waals surface area contributed by atoms with Crippen LogP contribution in [0.25, 0.3) is 11.1 Å². The van der Waals surface area contributed by atoms with Crippen LogP contribution in [0.15, 0.2) is 42.5 Å². The van der Waals surface area contributed by atoms with Gasteiger partial charge in [0.05, 0.1) is 18.2 Å². The van der Waals surface area contributed by atoms with Gasteiger partial charge in [0.1, 0.15) is 0 Å². The second kappa shape index (κ2) is 8.11. The number of aryl methyl sites for hydroxylation is 1. The van der Waals surface area contributed by atoms with E-state index in [1.165, 1.54) is 0 Å². The van der Waals surface area contributed by atoms with E-state index in [9.17, 15) is 4.79 Å². The number of rotatable bonds is 6. The molecule has 1 N–H and O–H groups in total. The van der Waals surface area contributed by atoms with E-state index >= 15 is 0 Å². The van der Waals surface area contributed by atoms with Crippen LogP contribution in [0.2, 0.25) is 0 Å². The molecule has 0 saturated carbocycles. The Hall–Kier alpha value is -2.64. The van der Waals surface area contributed by atoms with Crippen molar-refractivity contribution in [3.63, 3.8) is 0 Å². The van der Waals surface area contributed by atoms with Crippen molar-refractivity contribution in [1.29, 1.82) is 5.26 Å². The predicted octanol–water partition coefficient (Wildman–Crippen LogP) is 3.30. The van der Waals surface area contributed by atoms with Crippen molar-refractivity contribution in [2.75, 3.05) is 19.8 Å². The molecule has 0 heterocycles. The summed E-state index contributed by atoms with van der Waals surface area (Å²) in [6.45, 7) is 5.57. The molecule has 0 aliphatic heterocycles. The van der Waals surface area contributed by atoms with E-state index in [4.69, 9.17) is 10.00 Å². The summed E-state index contributed by atoms with van der Waals surface area (Å²) in [5, 5.41) is 11.7. The fourth-order valence-corrected chi connectivity index (χ4v) is 2.34. The van der Waals surface area contributed by atoms with E-state index in [-0.39, 0.29) is 5.91 Å². The topological polar surface area (TPSA) is 62.1 Å². The lowest BCUT2D eigenvalue weighted by Gasteiger charge is -2.08. The van der Waals surface area contributed by atoms with E-state index in [2.05, 4.69) is 11.4 Å². The molecular weight excluding hydrogens is 288 g/mol. The lowest BCUT2D eigenvalue weighted by atomic mass is 9.98. The van der Waals surface area contributed by atoms with Gasteiger partial charge in [0.2, 0.25) is 0 Å². The predicted molar refractivity (Wildman–Crippen MR) is 90.2 cm³/mol. The van der Waals surface area contributed by atoms with Gasteiger partial charge in [0, 0.05) is 18.7 Å². The van der Waals surface area contributed by atoms with Crippen LogP contribution in [0.4, 0.5) is 0 Å². The summed E-state index contributed by atoms with van der Waals surface area (Å²) in [7, 11) is 0. The second-order valence-electron chi connectivity index (χ2n) is 5.17. The maximum Gasteiger partial charge on any atom is 0.251 e. The second-order valence-corrected chi connectivity index (χ2v) is 5.17. The highest BCUT2D eigenvalue weighted by molar-refractivity contribution is 5.94. The standard InChI is InChI=1S/C19H20N2O2/c1-3-23-11-10-21-19(22)17-7-5-16(6-8-17)18-9-4-15(13-20)12-14(18)2/h4-9,12H,3,10-11H2,1-2H3,(H,21,22).